The Hall–Kier alpha value is -1.09. The van der Waals surface area contributed by atoms with Crippen LogP contribution in [0.4, 0.5) is 0 Å². The molecule has 1 rings (SSSR count). The molecule has 0 unspecified atom stereocenters. The first-order valence-electron chi connectivity index (χ1n) is 3.40. The number of esters is 1. The van der Waals surface area contributed by atoms with Crippen LogP contribution in [0.15, 0.2) is 12.3 Å². The number of hydrogen-bond donors (Lipinski definition) is 0. The van der Waals surface area contributed by atoms with Crippen LogP contribution in [0.5, 0.6) is 5.75 Å². The topological polar surface area (TPSA) is 39.2 Å². The Morgan fingerprint density at radius 3 is 2.83 bits per heavy atom. The van der Waals surface area contributed by atoms with E-state index in [0.717, 1.165) is 5.56 Å². The largest absolute Gasteiger partial charge is 0.425 e. The van der Waals surface area contributed by atoms with Crippen molar-refractivity contribution in [2.24, 2.45) is 0 Å². The van der Waals surface area contributed by atoms with Gasteiger partial charge in [-0.05, 0) is 18.6 Å². The minimum absolute atomic E-state index is 0.359. The minimum Gasteiger partial charge on any atom is -0.425 e. The highest BCUT2D eigenvalue weighted by atomic mass is 35.5. The zero-order chi connectivity index (χ0) is 9.14. The van der Waals surface area contributed by atoms with E-state index < -0.39 is 0 Å². The van der Waals surface area contributed by atoms with Crippen molar-refractivity contribution in [2.75, 3.05) is 0 Å². The van der Waals surface area contributed by atoms with Gasteiger partial charge in [0.15, 0.2) is 5.75 Å². The van der Waals surface area contributed by atoms with Crippen molar-refractivity contribution in [2.45, 2.75) is 13.8 Å². The van der Waals surface area contributed by atoms with Crippen LogP contribution in [0.2, 0.25) is 5.15 Å². The van der Waals surface area contributed by atoms with E-state index in [-0.39, 0.29) is 5.97 Å². The minimum atomic E-state index is -0.359. The second kappa shape index (κ2) is 3.54. The lowest BCUT2D eigenvalue weighted by molar-refractivity contribution is -0.131. The number of aromatic nitrogens is 1. The maximum atomic E-state index is 10.6. The number of hydrogen-bond acceptors (Lipinski definition) is 3. The van der Waals surface area contributed by atoms with E-state index in [0.29, 0.717) is 10.9 Å². The van der Waals surface area contributed by atoms with Gasteiger partial charge in [-0.25, -0.2) is 4.98 Å². The summed E-state index contributed by atoms with van der Waals surface area (Å²) in [5.41, 5.74) is 0.796. The maximum absolute atomic E-state index is 10.6. The van der Waals surface area contributed by atoms with Crippen LogP contribution in [0, 0.1) is 6.92 Å². The second-order valence-electron chi connectivity index (χ2n) is 2.37. The molecule has 1 aromatic rings. The lowest BCUT2D eigenvalue weighted by Gasteiger charge is -2.03. The van der Waals surface area contributed by atoms with Gasteiger partial charge in [0.05, 0.1) is 6.20 Å². The Morgan fingerprint density at radius 2 is 2.33 bits per heavy atom. The molecule has 0 aromatic carbocycles. The first kappa shape index (κ1) is 9.00. The number of ether oxygens (including phenoxy) is 1. The molecule has 0 atom stereocenters. The Labute approximate surface area is 75.3 Å². The SMILES string of the molecule is CC(=O)Oc1cnc(Cl)cc1C. The van der Waals surface area contributed by atoms with Gasteiger partial charge in [-0.15, -0.1) is 0 Å². The third-order valence-electron chi connectivity index (χ3n) is 1.28. The van der Waals surface area contributed by atoms with Crippen LogP contribution in [-0.4, -0.2) is 11.0 Å². The quantitative estimate of drug-likeness (QED) is 0.496. The number of carbonyl (C=O) groups is 1. The zero-order valence-corrected chi connectivity index (χ0v) is 7.55. The summed E-state index contributed by atoms with van der Waals surface area (Å²) in [4.78, 5) is 14.3. The first-order valence-corrected chi connectivity index (χ1v) is 3.78. The number of pyridine rings is 1. The van der Waals surface area contributed by atoms with Crippen LogP contribution >= 0.6 is 11.6 Å². The number of halogens is 1. The van der Waals surface area contributed by atoms with Gasteiger partial charge >= 0.3 is 5.97 Å². The van der Waals surface area contributed by atoms with Crippen molar-refractivity contribution in [1.29, 1.82) is 0 Å². The zero-order valence-electron chi connectivity index (χ0n) is 6.80. The molecule has 0 saturated carbocycles. The highest BCUT2D eigenvalue weighted by Crippen LogP contribution is 2.18. The van der Waals surface area contributed by atoms with Crippen molar-refractivity contribution in [3.05, 3.63) is 23.0 Å². The predicted molar refractivity (Wildman–Crippen MR) is 45.3 cm³/mol. The molecule has 0 aliphatic carbocycles. The standard InChI is InChI=1S/C8H8ClNO2/c1-5-3-8(9)10-4-7(5)12-6(2)11/h3-4H,1-2H3. The molecule has 64 valence electrons. The third kappa shape index (κ3) is 2.20. The molecule has 12 heavy (non-hydrogen) atoms. The molecule has 1 heterocycles. The van der Waals surface area contributed by atoms with E-state index in [4.69, 9.17) is 16.3 Å². The molecule has 1 aromatic heterocycles. The van der Waals surface area contributed by atoms with Crippen LogP contribution < -0.4 is 4.74 Å². The average Bonchev–Trinajstić information content (AvgIpc) is 1.94. The molecule has 0 spiro atoms. The summed E-state index contributed by atoms with van der Waals surface area (Å²) in [6.07, 6.45) is 1.43. The summed E-state index contributed by atoms with van der Waals surface area (Å²) in [5.74, 6) is 0.0918. The molecule has 0 radical (unpaired) electrons. The summed E-state index contributed by atoms with van der Waals surface area (Å²) in [6.45, 7) is 3.14. The normalized spacial score (nSPS) is 9.58. The maximum Gasteiger partial charge on any atom is 0.308 e. The Kier molecular flexibility index (Phi) is 2.65. The first-order chi connectivity index (χ1) is 5.59. The number of rotatable bonds is 1. The van der Waals surface area contributed by atoms with E-state index in [1.165, 1.54) is 13.1 Å². The smallest absolute Gasteiger partial charge is 0.308 e. The molecule has 4 heteroatoms. The van der Waals surface area contributed by atoms with Gasteiger partial charge in [0.1, 0.15) is 5.15 Å². The van der Waals surface area contributed by atoms with Gasteiger partial charge in [-0.2, -0.15) is 0 Å². The molecule has 3 nitrogen and oxygen atoms in total. The fraction of sp³-hybridized carbons (Fsp3) is 0.250. The van der Waals surface area contributed by atoms with Gasteiger partial charge in [0, 0.05) is 6.92 Å². The molecule has 0 N–H and O–H groups in total. The Balaban J connectivity index is 2.93. The van der Waals surface area contributed by atoms with E-state index in [9.17, 15) is 4.79 Å². The molecule has 0 aliphatic rings. The third-order valence-corrected chi connectivity index (χ3v) is 1.49. The van der Waals surface area contributed by atoms with E-state index in [1.54, 1.807) is 13.0 Å². The lowest BCUT2D eigenvalue weighted by atomic mass is 10.3. The molecular formula is C8H8ClNO2. The van der Waals surface area contributed by atoms with Crippen molar-refractivity contribution in [1.82, 2.24) is 4.98 Å². The van der Waals surface area contributed by atoms with E-state index in [2.05, 4.69) is 4.98 Å². The van der Waals surface area contributed by atoms with Crippen LogP contribution in [-0.2, 0) is 4.79 Å². The average molecular weight is 186 g/mol. The summed E-state index contributed by atoms with van der Waals surface area (Å²) >= 11 is 5.60. The fourth-order valence-corrected chi connectivity index (χ4v) is 0.983. The Bertz CT molecular complexity index is 312. The monoisotopic (exact) mass is 185 g/mol. The van der Waals surface area contributed by atoms with Gasteiger partial charge in [0.25, 0.3) is 0 Å². The van der Waals surface area contributed by atoms with Crippen molar-refractivity contribution in [3.63, 3.8) is 0 Å². The second-order valence-corrected chi connectivity index (χ2v) is 2.75. The summed E-state index contributed by atoms with van der Waals surface area (Å²) < 4.78 is 4.84. The van der Waals surface area contributed by atoms with Crippen LogP contribution in [0.1, 0.15) is 12.5 Å². The van der Waals surface area contributed by atoms with E-state index >= 15 is 0 Å². The van der Waals surface area contributed by atoms with Gasteiger partial charge in [0.2, 0.25) is 0 Å². The van der Waals surface area contributed by atoms with Crippen molar-refractivity contribution < 1.29 is 9.53 Å². The molecule has 0 saturated heterocycles. The highest BCUT2D eigenvalue weighted by molar-refractivity contribution is 6.29. The van der Waals surface area contributed by atoms with Gasteiger partial charge in [-0.3, -0.25) is 4.79 Å². The molecule has 0 amide bonds. The summed E-state index contributed by atoms with van der Waals surface area (Å²) in [5, 5.41) is 0.392. The van der Waals surface area contributed by atoms with Gasteiger partial charge < -0.3 is 4.74 Å². The molecular weight excluding hydrogens is 178 g/mol. The summed E-state index contributed by atoms with van der Waals surface area (Å²) in [7, 11) is 0. The van der Waals surface area contributed by atoms with Crippen molar-refractivity contribution >= 4 is 17.6 Å². The predicted octanol–water partition coefficient (Wildman–Crippen LogP) is 1.97. The molecule has 0 bridgehead atoms. The molecule has 0 aliphatic heterocycles. The number of carbonyl (C=O) groups excluding carboxylic acids is 1. The highest BCUT2D eigenvalue weighted by Gasteiger charge is 2.02. The summed E-state index contributed by atoms with van der Waals surface area (Å²) in [6, 6.07) is 1.64. The lowest BCUT2D eigenvalue weighted by Crippen LogP contribution is -2.03. The van der Waals surface area contributed by atoms with E-state index in [1.807, 2.05) is 0 Å². The van der Waals surface area contributed by atoms with Crippen LogP contribution in [0.25, 0.3) is 0 Å². The van der Waals surface area contributed by atoms with Crippen molar-refractivity contribution in [3.8, 4) is 5.75 Å². The number of nitrogens with zero attached hydrogens (tertiary/aromatic N) is 1. The fourth-order valence-electron chi connectivity index (χ4n) is 0.771. The molecule has 0 fully saturated rings. The van der Waals surface area contributed by atoms with Crippen LogP contribution in [0.3, 0.4) is 0 Å². The number of aryl methyl sites for hydroxylation is 1. The van der Waals surface area contributed by atoms with Gasteiger partial charge in [-0.1, -0.05) is 11.6 Å². The Morgan fingerprint density at radius 1 is 1.67 bits per heavy atom.